The van der Waals surface area contributed by atoms with Crippen molar-refractivity contribution in [3.63, 3.8) is 0 Å². The monoisotopic (exact) mass is 405 g/mol. The van der Waals surface area contributed by atoms with Gasteiger partial charge in [-0.15, -0.1) is 0 Å². The Morgan fingerprint density at radius 2 is 1.97 bits per heavy atom. The van der Waals surface area contributed by atoms with Crippen LogP contribution in [-0.2, 0) is 16.3 Å². The van der Waals surface area contributed by atoms with Gasteiger partial charge < -0.3 is 14.8 Å². The molecule has 1 amide bonds. The Balaban J connectivity index is 1.39. The summed E-state index contributed by atoms with van der Waals surface area (Å²) in [5.41, 5.74) is 5.12. The minimum atomic E-state index is -0.198. The van der Waals surface area contributed by atoms with E-state index in [2.05, 4.69) is 5.32 Å². The highest BCUT2D eigenvalue weighted by molar-refractivity contribution is 7.98. The van der Waals surface area contributed by atoms with E-state index >= 15 is 0 Å². The van der Waals surface area contributed by atoms with E-state index in [1.54, 1.807) is 6.08 Å². The van der Waals surface area contributed by atoms with Crippen molar-refractivity contribution in [2.45, 2.75) is 18.4 Å². The maximum Gasteiger partial charge on any atom is 0.249 e. The number of hydrogen-bond acceptors (Lipinski definition) is 5. The molecule has 0 aliphatic carbocycles. The Hall–Kier alpha value is -3.19. The fourth-order valence-corrected chi connectivity index (χ4v) is 4.40. The summed E-state index contributed by atoms with van der Waals surface area (Å²) in [6.07, 6.45) is 3.29. The first-order valence-electron chi connectivity index (χ1n) is 9.32. The lowest BCUT2D eigenvalue weighted by atomic mass is 10.2. The number of fused-ring (bicyclic) bond motifs is 2. The highest BCUT2D eigenvalue weighted by atomic mass is 32.2. The highest BCUT2D eigenvalue weighted by Crippen LogP contribution is 2.36. The van der Waals surface area contributed by atoms with Gasteiger partial charge in [-0.3, -0.25) is 4.79 Å². The molecule has 6 nitrogen and oxygen atoms in total. The van der Waals surface area contributed by atoms with Crippen molar-refractivity contribution < 1.29 is 14.3 Å². The van der Waals surface area contributed by atoms with E-state index in [1.165, 1.54) is 11.6 Å². The van der Waals surface area contributed by atoms with Crippen molar-refractivity contribution in [3.05, 3.63) is 70.9 Å². The van der Waals surface area contributed by atoms with Crippen LogP contribution >= 0.6 is 11.8 Å². The number of aryl methyl sites for hydroxylation is 1. The number of nitrogens with one attached hydrogen (secondary N) is 1. The van der Waals surface area contributed by atoms with Crippen molar-refractivity contribution >= 4 is 29.6 Å². The molecule has 0 saturated heterocycles. The average molecular weight is 405 g/mol. The Morgan fingerprint density at radius 1 is 1.14 bits per heavy atom. The van der Waals surface area contributed by atoms with Crippen LogP contribution in [0.3, 0.4) is 0 Å². The maximum atomic E-state index is 12.7. The van der Waals surface area contributed by atoms with Crippen LogP contribution in [-0.4, -0.2) is 22.5 Å². The van der Waals surface area contributed by atoms with E-state index < -0.39 is 0 Å². The second-order valence-corrected chi connectivity index (χ2v) is 7.93. The van der Waals surface area contributed by atoms with Gasteiger partial charge in [-0.25, -0.2) is 4.68 Å². The molecule has 29 heavy (non-hydrogen) atoms. The standard InChI is InChI=1S/C22H19N3O3S/c1-14-2-6-16(7-3-14)25-22(17-11-29-12-18(17)24-25)23-21(26)9-5-15-4-8-19-20(10-15)28-13-27-19/h2-10H,11-13H2,1H3,(H,23,26). The Labute approximate surface area is 172 Å². The second kappa shape index (κ2) is 7.33. The number of anilines is 1. The van der Waals surface area contributed by atoms with Crippen LogP contribution in [0.4, 0.5) is 5.82 Å². The second-order valence-electron chi connectivity index (χ2n) is 6.95. The van der Waals surface area contributed by atoms with Crippen LogP contribution in [0.15, 0.2) is 48.5 Å². The summed E-state index contributed by atoms with van der Waals surface area (Å²) in [4.78, 5) is 12.7. The fraction of sp³-hybridized carbons (Fsp3) is 0.182. The van der Waals surface area contributed by atoms with Crippen LogP contribution in [0, 0.1) is 6.92 Å². The van der Waals surface area contributed by atoms with Gasteiger partial charge in [0, 0.05) is 23.1 Å². The molecule has 0 radical (unpaired) electrons. The number of carbonyl (C=O) groups is 1. The van der Waals surface area contributed by atoms with Gasteiger partial charge in [-0.05, 0) is 42.8 Å². The summed E-state index contributed by atoms with van der Waals surface area (Å²) in [6, 6.07) is 13.7. The van der Waals surface area contributed by atoms with Crippen molar-refractivity contribution in [1.29, 1.82) is 0 Å². The molecule has 0 spiro atoms. The first-order valence-corrected chi connectivity index (χ1v) is 10.5. The first kappa shape index (κ1) is 17.9. The smallest absolute Gasteiger partial charge is 0.249 e. The van der Waals surface area contributed by atoms with Crippen LogP contribution in [0.5, 0.6) is 11.5 Å². The van der Waals surface area contributed by atoms with E-state index in [-0.39, 0.29) is 12.7 Å². The maximum absolute atomic E-state index is 12.7. The van der Waals surface area contributed by atoms with Gasteiger partial charge in [-0.2, -0.15) is 16.9 Å². The fourth-order valence-electron chi connectivity index (χ4n) is 3.36. The van der Waals surface area contributed by atoms with Gasteiger partial charge in [0.2, 0.25) is 12.7 Å². The number of aromatic nitrogens is 2. The van der Waals surface area contributed by atoms with Crippen molar-refractivity contribution in [2.24, 2.45) is 0 Å². The zero-order valence-corrected chi connectivity index (χ0v) is 16.7. The highest BCUT2D eigenvalue weighted by Gasteiger charge is 2.24. The lowest BCUT2D eigenvalue weighted by Gasteiger charge is -2.10. The molecular formula is C22H19N3O3S. The third kappa shape index (κ3) is 3.49. The number of thioether (sulfide) groups is 1. The molecule has 2 aliphatic rings. The zero-order chi connectivity index (χ0) is 19.8. The van der Waals surface area contributed by atoms with E-state index in [1.807, 2.05) is 65.8 Å². The third-order valence-electron chi connectivity index (χ3n) is 4.90. The summed E-state index contributed by atoms with van der Waals surface area (Å²) < 4.78 is 12.5. The van der Waals surface area contributed by atoms with Crippen molar-refractivity contribution in [3.8, 4) is 17.2 Å². The minimum absolute atomic E-state index is 0.198. The molecule has 0 atom stereocenters. The topological polar surface area (TPSA) is 65.4 Å². The van der Waals surface area contributed by atoms with Gasteiger partial charge in [0.1, 0.15) is 5.82 Å². The predicted octanol–water partition coefficient (Wildman–Crippen LogP) is 4.31. The first-order chi connectivity index (χ1) is 14.2. The number of rotatable bonds is 4. The lowest BCUT2D eigenvalue weighted by Crippen LogP contribution is -2.13. The number of amides is 1. The quantitative estimate of drug-likeness (QED) is 0.656. The van der Waals surface area contributed by atoms with Gasteiger partial charge >= 0.3 is 0 Å². The van der Waals surface area contributed by atoms with Crippen LogP contribution in [0.1, 0.15) is 22.4 Å². The van der Waals surface area contributed by atoms with Crippen LogP contribution in [0.2, 0.25) is 0 Å². The van der Waals surface area contributed by atoms with E-state index in [0.717, 1.165) is 45.6 Å². The van der Waals surface area contributed by atoms with Crippen LogP contribution < -0.4 is 14.8 Å². The summed E-state index contributed by atoms with van der Waals surface area (Å²) in [5.74, 6) is 3.68. The average Bonchev–Trinajstić information content (AvgIpc) is 3.44. The summed E-state index contributed by atoms with van der Waals surface area (Å²) in [5, 5.41) is 7.76. The predicted molar refractivity (Wildman–Crippen MR) is 114 cm³/mol. The molecule has 2 aromatic carbocycles. The van der Waals surface area contributed by atoms with Gasteiger partial charge in [0.25, 0.3) is 0 Å². The number of ether oxygens (including phenoxy) is 2. The van der Waals surface area contributed by atoms with Gasteiger partial charge in [0.15, 0.2) is 11.5 Å². The number of benzene rings is 2. The molecule has 3 heterocycles. The molecule has 3 aromatic rings. The summed E-state index contributed by atoms with van der Waals surface area (Å²) in [7, 11) is 0. The Bertz CT molecular complexity index is 1120. The number of hydrogen-bond donors (Lipinski definition) is 1. The molecule has 0 fully saturated rings. The van der Waals surface area contributed by atoms with E-state index in [9.17, 15) is 4.79 Å². The largest absolute Gasteiger partial charge is 0.454 e. The molecule has 5 rings (SSSR count). The Morgan fingerprint density at radius 3 is 2.83 bits per heavy atom. The number of nitrogens with zero attached hydrogens (tertiary/aromatic N) is 2. The van der Waals surface area contributed by atoms with Crippen LogP contribution in [0.25, 0.3) is 11.8 Å². The van der Waals surface area contributed by atoms with Gasteiger partial charge in [0.05, 0.1) is 11.4 Å². The lowest BCUT2D eigenvalue weighted by molar-refractivity contribution is -0.111. The molecule has 2 aliphatic heterocycles. The SMILES string of the molecule is Cc1ccc(-n2nc3c(c2NC(=O)C=Cc2ccc4c(c2)OCO4)CSC3)cc1. The van der Waals surface area contributed by atoms with E-state index in [0.29, 0.717) is 5.75 Å². The summed E-state index contributed by atoms with van der Waals surface area (Å²) >= 11 is 1.81. The number of carbonyl (C=O) groups excluding carboxylic acids is 1. The molecule has 0 unspecified atom stereocenters. The Kier molecular flexibility index (Phi) is 4.52. The van der Waals surface area contributed by atoms with Crippen molar-refractivity contribution in [1.82, 2.24) is 9.78 Å². The van der Waals surface area contributed by atoms with E-state index in [4.69, 9.17) is 14.6 Å². The zero-order valence-electron chi connectivity index (χ0n) is 15.8. The molecule has 146 valence electrons. The molecule has 0 saturated carbocycles. The molecule has 7 heteroatoms. The minimum Gasteiger partial charge on any atom is -0.454 e. The normalized spacial score (nSPS) is 14.4. The van der Waals surface area contributed by atoms with Gasteiger partial charge in [-0.1, -0.05) is 23.8 Å². The van der Waals surface area contributed by atoms with Crippen molar-refractivity contribution in [2.75, 3.05) is 12.1 Å². The molecule has 1 N–H and O–H groups in total. The summed E-state index contributed by atoms with van der Waals surface area (Å²) in [6.45, 7) is 2.28. The molecular weight excluding hydrogens is 386 g/mol. The molecule has 1 aromatic heterocycles. The molecule has 0 bridgehead atoms. The third-order valence-corrected chi connectivity index (χ3v) is 5.87.